The molecule has 0 atom stereocenters. The van der Waals surface area contributed by atoms with Crippen molar-refractivity contribution in [2.45, 2.75) is 5.75 Å². The fourth-order valence-corrected chi connectivity index (χ4v) is 1.82. The number of pyridine rings is 1. The zero-order chi connectivity index (χ0) is 9.19. The third kappa shape index (κ3) is 2.97. The predicted octanol–water partition coefficient (Wildman–Crippen LogP) is 1.80. The summed E-state index contributed by atoms with van der Waals surface area (Å²) in [6, 6.07) is 3.18. The molecule has 66 valence electrons. The summed E-state index contributed by atoms with van der Waals surface area (Å²) in [7, 11) is 1.44. The third-order valence-electron chi connectivity index (χ3n) is 1.14. The van der Waals surface area contributed by atoms with E-state index in [1.54, 1.807) is 12.1 Å². The molecular weight excluding hydrogens is 221 g/mol. The van der Waals surface area contributed by atoms with E-state index in [0.29, 0.717) is 5.02 Å². The summed E-state index contributed by atoms with van der Waals surface area (Å²) < 4.78 is 21.2. The first kappa shape index (κ1) is 9.77. The van der Waals surface area contributed by atoms with Crippen molar-refractivity contribution < 1.29 is 8.42 Å². The summed E-state index contributed by atoms with van der Waals surface area (Å²) in [5.74, 6) is -0.339. The first-order valence-electron chi connectivity index (χ1n) is 3.01. The molecule has 1 rings (SSSR count). The first-order chi connectivity index (χ1) is 5.49. The van der Waals surface area contributed by atoms with Crippen molar-refractivity contribution in [2.75, 3.05) is 0 Å². The van der Waals surface area contributed by atoms with Gasteiger partial charge < -0.3 is 0 Å². The minimum Gasteiger partial charge on any atom is -0.259 e. The molecule has 6 heteroatoms. The number of rotatable bonds is 2. The van der Waals surface area contributed by atoms with E-state index in [4.69, 9.17) is 22.3 Å². The van der Waals surface area contributed by atoms with Crippen molar-refractivity contribution in [1.29, 1.82) is 0 Å². The van der Waals surface area contributed by atoms with E-state index in [2.05, 4.69) is 4.98 Å². The van der Waals surface area contributed by atoms with Gasteiger partial charge in [0.05, 0.1) is 10.7 Å². The molecular formula is C6H5Cl2NO2S. The van der Waals surface area contributed by atoms with E-state index < -0.39 is 9.05 Å². The lowest BCUT2D eigenvalue weighted by molar-refractivity contribution is 0.608. The van der Waals surface area contributed by atoms with Crippen molar-refractivity contribution in [2.24, 2.45) is 0 Å². The molecule has 0 N–H and O–H groups in total. The van der Waals surface area contributed by atoms with Gasteiger partial charge in [0.1, 0.15) is 5.75 Å². The first-order valence-corrected chi connectivity index (χ1v) is 5.86. The highest BCUT2D eigenvalue weighted by Gasteiger charge is 2.10. The fraction of sp³-hybridized carbons (Fsp3) is 0.167. The van der Waals surface area contributed by atoms with Crippen molar-refractivity contribution >= 4 is 31.3 Å². The lowest BCUT2D eigenvalue weighted by Gasteiger charge is -1.98. The lowest BCUT2D eigenvalue weighted by atomic mass is 10.4. The van der Waals surface area contributed by atoms with Crippen LogP contribution in [0, 0.1) is 0 Å². The number of hydrogen-bond acceptors (Lipinski definition) is 3. The average Bonchev–Trinajstić information content (AvgIpc) is 1.91. The molecule has 1 heterocycles. The van der Waals surface area contributed by atoms with Crippen LogP contribution in [0.5, 0.6) is 0 Å². The Hall–Kier alpha value is -0.320. The average molecular weight is 226 g/mol. The Morgan fingerprint density at radius 1 is 1.50 bits per heavy atom. The van der Waals surface area contributed by atoms with Crippen molar-refractivity contribution in [3.8, 4) is 0 Å². The van der Waals surface area contributed by atoms with Crippen molar-refractivity contribution in [3.63, 3.8) is 0 Å². The van der Waals surface area contributed by atoms with Gasteiger partial charge in [0.15, 0.2) is 0 Å². The second kappa shape index (κ2) is 3.60. The molecule has 0 bridgehead atoms. The Morgan fingerprint density at radius 3 is 2.67 bits per heavy atom. The third-order valence-corrected chi connectivity index (χ3v) is 2.43. The number of aromatic nitrogens is 1. The number of hydrogen-bond donors (Lipinski definition) is 0. The maximum absolute atomic E-state index is 10.6. The van der Waals surface area contributed by atoms with Crippen LogP contribution >= 0.6 is 22.3 Å². The summed E-state index contributed by atoms with van der Waals surface area (Å²) in [5, 5.41) is 0.307. The van der Waals surface area contributed by atoms with Crippen LogP contribution in [0.25, 0.3) is 0 Å². The molecule has 0 amide bonds. The lowest BCUT2D eigenvalue weighted by Crippen LogP contribution is -1.98. The standard InChI is InChI=1S/C6H5Cl2NO2S/c7-5-2-1-3-9-6(5)4-12(8,10)11/h1-3H,4H2. The molecule has 1 aromatic rings. The number of halogens is 2. The molecule has 0 fully saturated rings. The molecule has 3 nitrogen and oxygen atoms in total. The molecule has 0 aliphatic rings. The van der Waals surface area contributed by atoms with Crippen LogP contribution in [0.15, 0.2) is 18.3 Å². The molecule has 0 saturated carbocycles. The quantitative estimate of drug-likeness (QED) is 0.722. The van der Waals surface area contributed by atoms with Gasteiger partial charge in [-0.05, 0) is 12.1 Å². The Labute approximate surface area is 79.8 Å². The van der Waals surface area contributed by atoms with Crippen LogP contribution in [0.2, 0.25) is 5.02 Å². The van der Waals surface area contributed by atoms with Crippen LogP contribution in [-0.4, -0.2) is 13.4 Å². The van der Waals surface area contributed by atoms with Gasteiger partial charge in [-0.15, -0.1) is 0 Å². The Kier molecular flexibility index (Phi) is 2.93. The van der Waals surface area contributed by atoms with Crippen LogP contribution in [0.3, 0.4) is 0 Å². The molecule has 0 aliphatic carbocycles. The van der Waals surface area contributed by atoms with Crippen LogP contribution in [0.4, 0.5) is 0 Å². The topological polar surface area (TPSA) is 47.0 Å². The predicted molar refractivity (Wildman–Crippen MR) is 47.7 cm³/mol. The minimum atomic E-state index is -3.57. The number of nitrogens with zero attached hydrogens (tertiary/aromatic N) is 1. The van der Waals surface area contributed by atoms with Crippen molar-refractivity contribution in [3.05, 3.63) is 29.0 Å². The van der Waals surface area contributed by atoms with Gasteiger partial charge >= 0.3 is 0 Å². The normalized spacial score (nSPS) is 11.5. The van der Waals surface area contributed by atoms with E-state index in [1.165, 1.54) is 6.20 Å². The van der Waals surface area contributed by atoms with Gasteiger partial charge in [-0.2, -0.15) is 0 Å². The molecule has 0 saturated heterocycles. The van der Waals surface area contributed by atoms with E-state index in [1.807, 2.05) is 0 Å². The monoisotopic (exact) mass is 225 g/mol. The molecule has 1 aromatic heterocycles. The SMILES string of the molecule is O=S(=O)(Cl)Cc1ncccc1Cl. The van der Waals surface area contributed by atoms with E-state index in [9.17, 15) is 8.42 Å². The second-order valence-corrected chi connectivity index (χ2v) is 5.30. The van der Waals surface area contributed by atoms with E-state index >= 15 is 0 Å². The summed E-state index contributed by atoms with van der Waals surface area (Å²) in [6.45, 7) is 0. The van der Waals surface area contributed by atoms with E-state index in [-0.39, 0.29) is 11.4 Å². The van der Waals surface area contributed by atoms with Gasteiger partial charge in [0.2, 0.25) is 9.05 Å². The Balaban J connectivity index is 2.98. The van der Waals surface area contributed by atoms with Gasteiger partial charge in [-0.1, -0.05) is 11.6 Å². The smallest absolute Gasteiger partial charge is 0.238 e. The van der Waals surface area contributed by atoms with Gasteiger partial charge in [0.25, 0.3) is 0 Å². The Bertz CT molecular complexity index is 377. The zero-order valence-corrected chi connectivity index (χ0v) is 8.20. The van der Waals surface area contributed by atoms with Crippen LogP contribution in [0.1, 0.15) is 5.69 Å². The second-order valence-electron chi connectivity index (χ2n) is 2.12. The molecule has 0 radical (unpaired) electrons. The minimum absolute atomic E-state index is 0.272. The van der Waals surface area contributed by atoms with E-state index in [0.717, 1.165) is 0 Å². The largest absolute Gasteiger partial charge is 0.259 e. The van der Waals surface area contributed by atoms with Crippen LogP contribution < -0.4 is 0 Å². The molecule has 0 aromatic carbocycles. The van der Waals surface area contributed by atoms with Gasteiger partial charge in [0, 0.05) is 16.9 Å². The highest BCUT2D eigenvalue weighted by molar-refractivity contribution is 8.13. The summed E-state index contributed by atoms with van der Waals surface area (Å²) in [6.07, 6.45) is 1.46. The summed E-state index contributed by atoms with van der Waals surface area (Å²) in [5.41, 5.74) is 0.272. The highest BCUT2D eigenvalue weighted by atomic mass is 35.7. The fourth-order valence-electron chi connectivity index (χ4n) is 0.688. The highest BCUT2D eigenvalue weighted by Crippen LogP contribution is 2.16. The summed E-state index contributed by atoms with van der Waals surface area (Å²) >= 11 is 5.64. The van der Waals surface area contributed by atoms with Gasteiger partial charge in [-0.25, -0.2) is 8.42 Å². The Morgan fingerprint density at radius 2 is 2.17 bits per heavy atom. The molecule has 0 spiro atoms. The zero-order valence-electron chi connectivity index (χ0n) is 5.87. The maximum Gasteiger partial charge on any atom is 0.238 e. The summed E-state index contributed by atoms with van der Waals surface area (Å²) in [4.78, 5) is 3.77. The van der Waals surface area contributed by atoms with Crippen LogP contribution in [-0.2, 0) is 14.8 Å². The van der Waals surface area contributed by atoms with Crippen molar-refractivity contribution in [1.82, 2.24) is 4.98 Å². The molecule has 0 aliphatic heterocycles. The molecule has 12 heavy (non-hydrogen) atoms. The van der Waals surface area contributed by atoms with Gasteiger partial charge in [-0.3, -0.25) is 4.98 Å². The maximum atomic E-state index is 10.6. The molecule has 0 unspecified atom stereocenters.